The van der Waals surface area contributed by atoms with Crippen LogP contribution in [0.4, 0.5) is 23.7 Å². The van der Waals surface area contributed by atoms with Crippen LogP contribution in [0.2, 0.25) is 0 Å². The smallest absolute Gasteiger partial charge is 0.419 e. The molecule has 2 aromatic rings. The van der Waals surface area contributed by atoms with Crippen LogP contribution in [0.25, 0.3) is 10.9 Å². The van der Waals surface area contributed by atoms with E-state index in [9.17, 15) is 18.0 Å². The van der Waals surface area contributed by atoms with Crippen molar-refractivity contribution in [1.29, 1.82) is 0 Å². The van der Waals surface area contributed by atoms with Gasteiger partial charge < -0.3 is 25.1 Å². The number of nitrogens with one attached hydrogen (secondary N) is 5. The molecule has 190 valence electrons. The van der Waals surface area contributed by atoms with Gasteiger partial charge in [0.05, 0.1) is 36.7 Å². The fourth-order valence-corrected chi connectivity index (χ4v) is 4.31. The lowest BCUT2D eigenvalue weighted by molar-refractivity contribution is -0.0867. The first-order valence-electron chi connectivity index (χ1n) is 11.2. The number of methoxy groups -OCH3 is 2. The highest BCUT2D eigenvalue weighted by molar-refractivity contribution is 6.21. The summed E-state index contributed by atoms with van der Waals surface area (Å²) in [4.78, 5) is 19.0. The second-order valence-electron chi connectivity index (χ2n) is 9.16. The number of hydrogen-bond acceptors (Lipinski definition) is 7. The zero-order valence-corrected chi connectivity index (χ0v) is 19.9. The minimum Gasteiger partial charge on any atom is -0.492 e. The van der Waals surface area contributed by atoms with Gasteiger partial charge in [0.2, 0.25) is 0 Å². The Balaban J connectivity index is 1.69. The van der Waals surface area contributed by atoms with E-state index in [1.807, 2.05) is 0 Å². The van der Waals surface area contributed by atoms with Crippen molar-refractivity contribution in [3.8, 4) is 5.75 Å². The number of anilines is 1. The van der Waals surface area contributed by atoms with E-state index >= 15 is 0 Å². The van der Waals surface area contributed by atoms with Crippen molar-refractivity contribution in [2.75, 3.05) is 26.1 Å². The highest BCUT2D eigenvalue weighted by Gasteiger charge is 2.40. The highest BCUT2D eigenvalue weighted by atomic mass is 19.4. The maximum Gasteiger partial charge on any atom is 0.419 e. The minimum atomic E-state index is -4.62. The number of halogens is 3. The summed E-state index contributed by atoms with van der Waals surface area (Å²) in [6.45, 7) is 4.92. The number of rotatable bonds is 5. The molecule has 5 N–H and O–H groups in total. The molecule has 1 aromatic carbocycles. The van der Waals surface area contributed by atoms with Crippen molar-refractivity contribution in [1.82, 2.24) is 20.9 Å². The van der Waals surface area contributed by atoms with Gasteiger partial charge in [0.1, 0.15) is 0 Å². The summed E-state index contributed by atoms with van der Waals surface area (Å²) in [7, 11) is 2.63. The Labute approximate surface area is 200 Å². The van der Waals surface area contributed by atoms with Crippen LogP contribution in [0, 0.1) is 0 Å². The number of allylic oxidation sites excluding steroid dienone is 1. The van der Waals surface area contributed by atoms with Crippen molar-refractivity contribution >= 4 is 28.4 Å². The second kappa shape index (κ2) is 9.42. The molecule has 12 heteroatoms. The van der Waals surface area contributed by atoms with E-state index in [1.165, 1.54) is 20.4 Å². The first kappa shape index (κ1) is 24.9. The fraction of sp³-hybridized carbons (Fsp3) is 0.478. The van der Waals surface area contributed by atoms with Gasteiger partial charge >= 0.3 is 12.3 Å². The molecule has 2 aliphatic heterocycles. The number of aromatic nitrogens is 1. The molecule has 1 saturated heterocycles. The highest BCUT2D eigenvalue weighted by Crippen LogP contribution is 2.38. The SMILES string of the molecule is COC(=O)Nc1ccc2c(C3=NC(NC4CCC(C)(C)NC4)NC=C3C(F)(F)F)c[nH]c2c1OC. The van der Waals surface area contributed by atoms with Crippen LogP contribution in [0.5, 0.6) is 5.75 Å². The number of fused-ring (bicyclic) bond motifs is 1. The van der Waals surface area contributed by atoms with Gasteiger partial charge in [-0.15, -0.1) is 0 Å². The Bertz CT molecular complexity index is 1160. The third-order valence-corrected chi connectivity index (χ3v) is 6.23. The number of piperidine rings is 1. The van der Waals surface area contributed by atoms with Crippen LogP contribution in [0.1, 0.15) is 32.3 Å². The molecule has 1 aromatic heterocycles. The van der Waals surface area contributed by atoms with Crippen LogP contribution in [0.15, 0.2) is 35.1 Å². The summed E-state index contributed by atoms with van der Waals surface area (Å²) >= 11 is 0. The summed E-state index contributed by atoms with van der Waals surface area (Å²) in [6, 6.07) is 3.20. The van der Waals surface area contributed by atoms with E-state index in [1.54, 1.807) is 12.1 Å². The lowest BCUT2D eigenvalue weighted by Crippen LogP contribution is -2.57. The number of benzene rings is 1. The summed E-state index contributed by atoms with van der Waals surface area (Å²) in [5.74, 6) is 0.261. The fourth-order valence-electron chi connectivity index (χ4n) is 4.31. The second-order valence-corrected chi connectivity index (χ2v) is 9.16. The Kier molecular flexibility index (Phi) is 6.69. The maximum atomic E-state index is 13.9. The predicted molar refractivity (Wildman–Crippen MR) is 127 cm³/mol. The summed E-state index contributed by atoms with van der Waals surface area (Å²) < 4.78 is 51.8. The van der Waals surface area contributed by atoms with Crippen LogP contribution >= 0.6 is 0 Å². The Hall–Kier alpha value is -3.25. The normalized spacial score (nSPS) is 22.1. The Morgan fingerprint density at radius 3 is 2.66 bits per heavy atom. The Morgan fingerprint density at radius 1 is 1.26 bits per heavy atom. The maximum absolute atomic E-state index is 13.9. The summed E-state index contributed by atoms with van der Waals surface area (Å²) in [5.41, 5.74) is -0.0491. The molecule has 0 aliphatic carbocycles. The first-order valence-corrected chi connectivity index (χ1v) is 11.2. The number of carbonyl (C=O) groups is 1. The number of ether oxygens (including phenoxy) is 2. The largest absolute Gasteiger partial charge is 0.492 e. The number of aliphatic imine (C=N–C) groups is 1. The number of amides is 1. The van der Waals surface area contributed by atoms with E-state index in [-0.39, 0.29) is 28.6 Å². The van der Waals surface area contributed by atoms with Crippen LogP contribution in [0.3, 0.4) is 0 Å². The average Bonchev–Trinajstić information content (AvgIpc) is 3.23. The molecule has 2 aliphatic rings. The van der Waals surface area contributed by atoms with Crippen LogP contribution < -0.4 is 26.0 Å². The molecular formula is C23H29F3N6O3. The molecule has 0 bridgehead atoms. The molecule has 2 unspecified atom stereocenters. The summed E-state index contributed by atoms with van der Waals surface area (Å²) in [6.07, 6.45) is -1.82. The standard InChI is InChI=1S/C23H29F3N6O3/c1-22(2)8-7-12(9-29-22)30-20-28-11-15(23(24,25)26)17(32-20)14-10-27-18-13(14)5-6-16(19(18)34-3)31-21(33)35-4/h5-6,10-12,20,27-30H,7-9H2,1-4H3,(H,31,33). The molecule has 0 spiro atoms. The topological polar surface area (TPSA) is 112 Å². The van der Waals surface area contributed by atoms with Crippen molar-refractivity contribution in [3.63, 3.8) is 0 Å². The lowest BCUT2D eigenvalue weighted by Gasteiger charge is -2.37. The number of carbonyl (C=O) groups excluding carboxylic acids is 1. The first-order chi connectivity index (χ1) is 16.5. The van der Waals surface area contributed by atoms with Crippen LogP contribution in [-0.4, -0.2) is 61.6 Å². The quantitative estimate of drug-likeness (QED) is 0.434. The third-order valence-electron chi connectivity index (χ3n) is 6.23. The minimum absolute atomic E-state index is 0.0284. The van der Waals surface area contributed by atoms with E-state index in [0.717, 1.165) is 19.0 Å². The van der Waals surface area contributed by atoms with Crippen molar-refractivity contribution in [3.05, 3.63) is 35.7 Å². The molecule has 0 radical (unpaired) electrons. The molecule has 3 heterocycles. The van der Waals surface area contributed by atoms with Crippen molar-refractivity contribution in [2.24, 2.45) is 4.99 Å². The molecule has 35 heavy (non-hydrogen) atoms. The average molecular weight is 495 g/mol. The van der Waals surface area contributed by atoms with E-state index < -0.39 is 24.1 Å². The zero-order chi connectivity index (χ0) is 25.4. The number of hydrogen-bond donors (Lipinski definition) is 5. The predicted octanol–water partition coefficient (Wildman–Crippen LogP) is 3.60. The molecule has 4 rings (SSSR count). The molecule has 9 nitrogen and oxygen atoms in total. The molecule has 2 atom stereocenters. The van der Waals surface area contributed by atoms with E-state index in [0.29, 0.717) is 23.1 Å². The number of aromatic amines is 1. The van der Waals surface area contributed by atoms with Gasteiger partial charge in [-0.05, 0) is 38.8 Å². The van der Waals surface area contributed by atoms with Gasteiger partial charge in [0.15, 0.2) is 12.0 Å². The van der Waals surface area contributed by atoms with Crippen molar-refractivity contribution in [2.45, 2.75) is 50.7 Å². The van der Waals surface area contributed by atoms with Gasteiger partial charge in [-0.2, -0.15) is 13.2 Å². The van der Waals surface area contributed by atoms with Gasteiger partial charge in [0.25, 0.3) is 0 Å². The molecular weight excluding hydrogens is 465 g/mol. The zero-order valence-electron chi connectivity index (χ0n) is 19.9. The van der Waals surface area contributed by atoms with Crippen LogP contribution in [-0.2, 0) is 4.74 Å². The molecule has 0 saturated carbocycles. The monoisotopic (exact) mass is 494 g/mol. The van der Waals surface area contributed by atoms with Gasteiger partial charge in [-0.25, -0.2) is 9.79 Å². The number of H-pyrrole nitrogens is 1. The molecule has 1 amide bonds. The van der Waals surface area contributed by atoms with E-state index in [4.69, 9.17) is 4.74 Å². The van der Waals surface area contributed by atoms with Gasteiger partial charge in [-0.1, -0.05) is 0 Å². The Morgan fingerprint density at radius 2 is 2.03 bits per heavy atom. The number of alkyl halides is 3. The lowest BCUT2D eigenvalue weighted by atomic mass is 9.91. The van der Waals surface area contributed by atoms with E-state index in [2.05, 4.69) is 49.8 Å². The molecule has 1 fully saturated rings. The summed E-state index contributed by atoms with van der Waals surface area (Å²) in [5, 5.41) is 12.5. The third kappa shape index (κ3) is 5.22. The number of nitrogens with zero attached hydrogens (tertiary/aromatic N) is 1. The van der Waals surface area contributed by atoms with Gasteiger partial charge in [0, 0.05) is 41.5 Å². The van der Waals surface area contributed by atoms with Crippen molar-refractivity contribution < 1.29 is 27.4 Å². The van der Waals surface area contributed by atoms with Gasteiger partial charge in [-0.3, -0.25) is 10.6 Å².